The zero-order valence-electron chi connectivity index (χ0n) is 29.6. The van der Waals surface area contributed by atoms with E-state index in [0.717, 1.165) is 60.3 Å². The van der Waals surface area contributed by atoms with Gasteiger partial charge in [0.2, 0.25) is 0 Å². The molecule has 4 atom stereocenters. The maximum atomic E-state index is 15.2. The first-order valence-electron chi connectivity index (χ1n) is 17.1. The second-order valence-electron chi connectivity index (χ2n) is 12.6. The standard InChI is InChI=1S/C22H19ClFN3S.C11H12.C9H9N3.H3NS/c1-14(11-25)3-2-4-15-5-7-16(8-6-15)18-10-22(18,24)27-21-9-17-19(23)12-26-13-20(17)28-21;1-2-9-8-11(9)10-6-4-3-5-7-10;1-10-9-3-2-7-6-11-5-4-8(7)12-9;1-2/h2-9,11-13,18,25,27H,10H2,1H3;2-7,9,11H,1,8H2;2-6H,1H3,(H,10,12);2H,1H2/b4-2+,14-3-,25-11?;;;. The maximum absolute atomic E-state index is 15.2. The number of anilines is 2. The fourth-order valence-electron chi connectivity index (χ4n) is 5.81. The van der Waals surface area contributed by atoms with Crippen LogP contribution < -0.4 is 15.8 Å². The third-order valence-electron chi connectivity index (χ3n) is 8.95. The number of benzene rings is 2. The predicted octanol–water partition coefficient (Wildman–Crippen LogP) is 11.3. The first-order chi connectivity index (χ1) is 25.8. The highest BCUT2D eigenvalue weighted by Crippen LogP contribution is 2.55. The van der Waals surface area contributed by atoms with E-state index in [1.165, 1.54) is 29.5 Å². The van der Waals surface area contributed by atoms with Gasteiger partial charge in [-0.3, -0.25) is 15.1 Å². The quantitative estimate of drug-likeness (QED) is 0.0329. The van der Waals surface area contributed by atoms with Crippen LogP contribution in [0.3, 0.4) is 0 Å². The number of thiol groups is 1. The number of aromatic nitrogens is 3. The summed E-state index contributed by atoms with van der Waals surface area (Å²) in [7, 11) is 1.86. The molecule has 0 spiro atoms. The van der Waals surface area contributed by atoms with Crippen LogP contribution in [0.4, 0.5) is 15.2 Å². The Hall–Kier alpha value is -4.87. The Labute approximate surface area is 325 Å². The van der Waals surface area contributed by atoms with Crippen LogP contribution in [-0.4, -0.2) is 34.0 Å². The summed E-state index contributed by atoms with van der Waals surface area (Å²) in [5.41, 5.74) is 5.35. The second-order valence-corrected chi connectivity index (χ2v) is 14.1. The molecule has 4 unspecified atom stereocenters. The van der Waals surface area contributed by atoms with E-state index in [1.807, 2.05) is 86.9 Å². The molecule has 0 saturated heterocycles. The van der Waals surface area contributed by atoms with Crippen molar-refractivity contribution in [2.75, 3.05) is 17.7 Å². The summed E-state index contributed by atoms with van der Waals surface area (Å²) < 4.78 is 16.1. The van der Waals surface area contributed by atoms with E-state index in [4.69, 9.17) is 17.0 Å². The summed E-state index contributed by atoms with van der Waals surface area (Å²) in [6, 6.07) is 26.3. The average molecular weight is 764 g/mol. The smallest absolute Gasteiger partial charge is 0.188 e. The van der Waals surface area contributed by atoms with Gasteiger partial charge in [0, 0.05) is 61.2 Å². The van der Waals surface area contributed by atoms with Gasteiger partial charge in [0.25, 0.3) is 0 Å². The third-order valence-corrected chi connectivity index (χ3v) is 10.2. The lowest BCUT2D eigenvalue weighted by Gasteiger charge is -2.10. The summed E-state index contributed by atoms with van der Waals surface area (Å²) in [4.78, 5) is 12.4. The van der Waals surface area contributed by atoms with E-state index in [2.05, 4.69) is 86.5 Å². The first-order valence-corrected chi connectivity index (χ1v) is 18.8. The minimum atomic E-state index is -1.43. The van der Waals surface area contributed by atoms with Crippen molar-refractivity contribution in [2.45, 2.75) is 37.4 Å². The van der Waals surface area contributed by atoms with Crippen LogP contribution in [-0.2, 0) is 0 Å². The molecular formula is C42H43ClFN7S2. The number of nitrogens with one attached hydrogen (secondary N) is 3. The maximum Gasteiger partial charge on any atom is 0.188 e. The second kappa shape index (κ2) is 18.8. The lowest BCUT2D eigenvalue weighted by Crippen LogP contribution is -2.16. The molecule has 4 aromatic heterocycles. The van der Waals surface area contributed by atoms with Gasteiger partial charge in [-0.1, -0.05) is 90.5 Å². The minimum Gasteiger partial charge on any atom is -0.373 e. The van der Waals surface area contributed by atoms with Crippen molar-refractivity contribution in [1.82, 2.24) is 15.0 Å². The molecule has 4 heterocycles. The molecule has 2 saturated carbocycles. The number of rotatable bonds is 9. The van der Waals surface area contributed by atoms with Gasteiger partial charge in [-0.2, -0.15) is 0 Å². The molecule has 0 radical (unpaired) electrons. The van der Waals surface area contributed by atoms with Crippen molar-refractivity contribution in [1.29, 1.82) is 5.41 Å². The Morgan fingerprint density at radius 1 is 1.04 bits per heavy atom. The number of thiophene rings is 1. The van der Waals surface area contributed by atoms with E-state index < -0.39 is 5.79 Å². The molecule has 0 bridgehead atoms. The van der Waals surface area contributed by atoms with Gasteiger partial charge in [-0.25, -0.2) is 9.37 Å². The zero-order valence-corrected chi connectivity index (χ0v) is 32.1. The zero-order chi connectivity index (χ0) is 37.8. The number of nitrogens with zero attached hydrogens (tertiary/aromatic N) is 3. The Balaban J connectivity index is 0.000000177. The third kappa shape index (κ3) is 10.6. The number of allylic oxidation sites excluding steroid dienone is 4. The largest absolute Gasteiger partial charge is 0.373 e. The van der Waals surface area contributed by atoms with Crippen LogP contribution in [0, 0.1) is 11.3 Å². The van der Waals surface area contributed by atoms with Crippen LogP contribution in [0.1, 0.15) is 48.3 Å². The van der Waals surface area contributed by atoms with Crippen molar-refractivity contribution in [3.8, 4) is 0 Å². The molecule has 272 valence electrons. The summed E-state index contributed by atoms with van der Waals surface area (Å²) in [5.74, 6) is 0.811. The van der Waals surface area contributed by atoms with E-state index in [0.29, 0.717) is 11.4 Å². The Morgan fingerprint density at radius 2 is 1.81 bits per heavy atom. The van der Waals surface area contributed by atoms with Crippen LogP contribution in [0.15, 0.2) is 134 Å². The van der Waals surface area contributed by atoms with Gasteiger partial charge in [0.1, 0.15) is 5.82 Å². The molecular weight excluding hydrogens is 721 g/mol. The normalized spacial score (nSPS) is 19.8. The molecule has 2 aliphatic carbocycles. The van der Waals surface area contributed by atoms with Gasteiger partial charge in [-0.05, 0) is 71.7 Å². The molecule has 2 aromatic carbocycles. The Morgan fingerprint density at radius 3 is 2.49 bits per heavy atom. The predicted molar refractivity (Wildman–Crippen MR) is 227 cm³/mol. The molecule has 5 N–H and O–H groups in total. The summed E-state index contributed by atoms with van der Waals surface area (Å²) in [6.45, 7) is 5.68. The molecule has 6 aromatic rings. The minimum absolute atomic E-state index is 0.163. The van der Waals surface area contributed by atoms with Gasteiger partial charge in [0.05, 0.1) is 20.2 Å². The molecule has 8 rings (SSSR count). The number of hydrogen-bond donors (Lipinski definition) is 5. The van der Waals surface area contributed by atoms with E-state index in [9.17, 15) is 0 Å². The first kappa shape index (κ1) is 39.3. The van der Waals surface area contributed by atoms with Crippen molar-refractivity contribution >= 4 is 79.9 Å². The Bertz CT molecular complexity index is 2190. The van der Waals surface area contributed by atoms with Gasteiger partial charge < -0.3 is 16.0 Å². The molecule has 7 nitrogen and oxygen atoms in total. The monoisotopic (exact) mass is 763 g/mol. The molecule has 0 amide bonds. The van der Waals surface area contributed by atoms with E-state index in [1.54, 1.807) is 18.6 Å². The SMILES string of the molecule is C/C(C=N)=C/C=C/c1ccc(C2CC2(F)Nc2cc3c(Cl)cncc3s2)cc1.C=CC1CC1c1ccccc1.CNc1ccc2cnccc2n1.NS. The van der Waals surface area contributed by atoms with E-state index in [-0.39, 0.29) is 5.92 Å². The number of pyridine rings is 3. The van der Waals surface area contributed by atoms with E-state index >= 15 is 4.39 Å². The lowest BCUT2D eigenvalue weighted by atomic mass is 10.1. The van der Waals surface area contributed by atoms with Crippen molar-refractivity contribution in [2.24, 2.45) is 11.1 Å². The number of halogens is 2. The molecule has 0 aliphatic heterocycles. The number of alkyl halides is 1. The average Bonchev–Trinajstić information content (AvgIpc) is 4.09. The van der Waals surface area contributed by atoms with Crippen LogP contribution >= 0.6 is 35.8 Å². The molecule has 53 heavy (non-hydrogen) atoms. The van der Waals surface area contributed by atoms with Crippen LogP contribution in [0.25, 0.3) is 27.1 Å². The van der Waals surface area contributed by atoms with Gasteiger partial charge >= 0.3 is 0 Å². The van der Waals surface area contributed by atoms with Crippen LogP contribution in [0.2, 0.25) is 5.02 Å². The molecule has 11 heteroatoms. The summed E-state index contributed by atoms with van der Waals surface area (Å²) in [6.07, 6.45) is 17.8. The molecule has 2 fully saturated rings. The summed E-state index contributed by atoms with van der Waals surface area (Å²) >= 11 is 10.7. The van der Waals surface area contributed by atoms with Crippen molar-refractivity contribution in [3.05, 3.63) is 156 Å². The topological polar surface area (TPSA) is 113 Å². The molecule has 2 aliphatic rings. The fourth-order valence-corrected chi connectivity index (χ4v) is 7.11. The highest BCUT2D eigenvalue weighted by atomic mass is 35.5. The van der Waals surface area contributed by atoms with Crippen molar-refractivity contribution < 1.29 is 4.39 Å². The van der Waals surface area contributed by atoms with Crippen molar-refractivity contribution in [3.63, 3.8) is 0 Å². The highest BCUT2D eigenvalue weighted by Gasteiger charge is 2.56. The summed E-state index contributed by atoms with van der Waals surface area (Å²) in [5, 5.41) is 20.7. The Kier molecular flexibility index (Phi) is 13.9. The number of fused-ring (bicyclic) bond motifs is 2. The van der Waals surface area contributed by atoms with Gasteiger partial charge in [0.15, 0.2) is 5.79 Å². The lowest BCUT2D eigenvalue weighted by molar-refractivity contribution is 0.340. The van der Waals surface area contributed by atoms with Crippen LogP contribution in [0.5, 0.6) is 0 Å². The number of nitrogens with two attached hydrogens (primary N) is 1. The number of hydrogen-bond acceptors (Lipinski definition) is 9. The fraction of sp³-hybridized carbons (Fsp3) is 0.190. The highest BCUT2D eigenvalue weighted by molar-refractivity contribution is 7.77. The van der Waals surface area contributed by atoms with Gasteiger partial charge in [-0.15, -0.1) is 30.7 Å².